The van der Waals surface area contributed by atoms with Crippen LogP contribution in [0.25, 0.3) is 0 Å². The van der Waals surface area contributed by atoms with E-state index in [0.29, 0.717) is 0 Å². The quantitative estimate of drug-likeness (QED) is 0.429. The molecule has 2 saturated heterocycles. The predicted octanol–water partition coefficient (Wildman–Crippen LogP) is 4.53. The molecule has 2 aliphatic heterocycles. The number of nitrogens with one attached hydrogen (secondary N) is 3. The molecule has 3 N–H and O–H groups in total. The van der Waals surface area contributed by atoms with E-state index in [1.165, 1.54) is 0 Å². The van der Waals surface area contributed by atoms with Gasteiger partial charge in [-0.2, -0.15) is 0 Å². The van der Waals surface area contributed by atoms with Crippen LogP contribution in [0, 0.1) is 0 Å². The van der Waals surface area contributed by atoms with Gasteiger partial charge in [-0.05, 0) is 57.2 Å². The summed E-state index contributed by atoms with van der Waals surface area (Å²) in [6.45, 7) is 4.78. The van der Waals surface area contributed by atoms with Crippen LogP contribution < -0.4 is 15.7 Å². The molecule has 2 aromatic carbocycles. The van der Waals surface area contributed by atoms with Gasteiger partial charge in [0.1, 0.15) is 0 Å². The molecule has 0 aromatic heterocycles. The Morgan fingerprint density at radius 1 is 0.868 bits per heavy atom. The molecule has 1 aliphatic carbocycles. The summed E-state index contributed by atoms with van der Waals surface area (Å²) in [5.74, 6) is -0.603. The largest absolute Gasteiger partial charge is 0.346 e. The molecule has 2 aromatic rings. The topological polar surface area (TPSA) is 93.8 Å². The minimum Gasteiger partial charge on any atom is -0.346 e. The SMILES string of the molecule is C[C@H](c1ccccc1)N1[C@H]2CCCC[C@@H]2N([C@H](C)c2ccccc2)P1(=O)NC(=O)CNC(=O)[C@@H]1CCCN1. The average molecular weight is 538 g/mol. The van der Waals surface area contributed by atoms with Crippen LogP contribution in [0.3, 0.4) is 0 Å². The maximum atomic E-state index is 15.4. The van der Waals surface area contributed by atoms with Crippen molar-refractivity contribution in [2.75, 3.05) is 13.1 Å². The summed E-state index contributed by atoms with van der Waals surface area (Å²) < 4.78 is 19.6. The first-order chi connectivity index (χ1) is 18.4. The van der Waals surface area contributed by atoms with Crippen LogP contribution in [0.2, 0.25) is 0 Å². The first-order valence-corrected chi connectivity index (χ1v) is 15.6. The van der Waals surface area contributed by atoms with Gasteiger partial charge >= 0.3 is 7.59 Å². The molecule has 0 spiro atoms. The van der Waals surface area contributed by atoms with Crippen molar-refractivity contribution in [1.29, 1.82) is 0 Å². The fourth-order valence-electron chi connectivity index (χ4n) is 6.56. The van der Waals surface area contributed by atoms with E-state index >= 15 is 4.57 Å². The summed E-state index contributed by atoms with van der Waals surface area (Å²) in [6, 6.07) is 19.8. The summed E-state index contributed by atoms with van der Waals surface area (Å²) >= 11 is 0. The van der Waals surface area contributed by atoms with E-state index in [-0.39, 0.29) is 42.7 Å². The molecule has 3 aliphatic rings. The van der Waals surface area contributed by atoms with Crippen molar-refractivity contribution >= 4 is 19.4 Å². The highest BCUT2D eigenvalue weighted by atomic mass is 31.2. The van der Waals surface area contributed by atoms with Crippen LogP contribution in [0.4, 0.5) is 0 Å². The third-order valence-corrected chi connectivity index (χ3v) is 11.5. The normalized spacial score (nSPS) is 26.8. The van der Waals surface area contributed by atoms with Crippen molar-refractivity contribution in [3.63, 3.8) is 0 Å². The third kappa shape index (κ3) is 5.32. The standard InChI is InChI=1S/C29H40N5O3P/c1-21(23-12-5-3-6-13-23)33-26-17-9-10-18-27(26)34(22(2)24-14-7-4-8-15-24)38(33,37)32-28(35)20-31-29(36)25-16-11-19-30-25/h3-8,12-15,21-22,25-27,30H,9-11,16-20H2,1-2H3,(H,31,36)(H,32,35,37)/t21-,22-,25+,26+,27+/m1/s1. The molecule has 9 heteroatoms. The van der Waals surface area contributed by atoms with Crippen LogP contribution in [-0.2, 0) is 14.2 Å². The molecule has 0 unspecified atom stereocenters. The highest BCUT2D eigenvalue weighted by Gasteiger charge is 2.59. The first kappa shape index (κ1) is 27.1. The van der Waals surface area contributed by atoms with Crippen molar-refractivity contribution in [1.82, 2.24) is 25.1 Å². The van der Waals surface area contributed by atoms with Crippen LogP contribution >= 0.6 is 7.59 Å². The molecule has 204 valence electrons. The fourth-order valence-corrected chi connectivity index (χ4v) is 9.98. The molecule has 1 saturated carbocycles. The maximum absolute atomic E-state index is 15.4. The van der Waals surface area contributed by atoms with Gasteiger partial charge in [-0.15, -0.1) is 0 Å². The Bertz CT molecular complexity index is 1090. The van der Waals surface area contributed by atoms with E-state index in [1.54, 1.807) is 0 Å². The van der Waals surface area contributed by atoms with Crippen molar-refractivity contribution in [3.8, 4) is 0 Å². The number of nitrogens with zero attached hydrogens (tertiary/aromatic N) is 2. The van der Waals surface area contributed by atoms with Gasteiger partial charge in [-0.25, -0.2) is 9.34 Å². The van der Waals surface area contributed by atoms with E-state index in [9.17, 15) is 9.59 Å². The second kappa shape index (κ2) is 11.7. The highest BCUT2D eigenvalue weighted by Crippen LogP contribution is 2.66. The van der Waals surface area contributed by atoms with Crippen molar-refractivity contribution in [3.05, 3.63) is 71.8 Å². The average Bonchev–Trinajstić information content (AvgIpc) is 3.57. The molecule has 5 rings (SSSR count). The summed E-state index contributed by atoms with van der Waals surface area (Å²) in [5, 5.41) is 8.91. The lowest BCUT2D eigenvalue weighted by molar-refractivity contribution is -0.126. The van der Waals surface area contributed by atoms with Crippen molar-refractivity contribution in [2.24, 2.45) is 0 Å². The fraction of sp³-hybridized carbons (Fsp3) is 0.517. The maximum Gasteiger partial charge on any atom is 0.312 e. The number of rotatable bonds is 8. The van der Waals surface area contributed by atoms with Gasteiger partial charge in [0.05, 0.1) is 12.6 Å². The van der Waals surface area contributed by atoms with Gasteiger partial charge in [0.15, 0.2) is 0 Å². The van der Waals surface area contributed by atoms with Crippen molar-refractivity contribution in [2.45, 2.75) is 82.6 Å². The molecule has 0 bridgehead atoms. The Kier molecular flexibility index (Phi) is 8.34. The summed E-state index contributed by atoms with van der Waals surface area (Å²) in [6.07, 6.45) is 5.73. The van der Waals surface area contributed by atoms with E-state index in [2.05, 4.69) is 63.2 Å². The van der Waals surface area contributed by atoms with Crippen LogP contribution in [0.1, 0.15) is 75.6 Å². The van der Waals surface area contributed by atoms with Crippen LogP contribution in [-0.4, -0.2) is 52.4 Å². The Balaban J connectivity index is 1.47. The molecular formula is C29H40N5O3P. The zero-order chi connectivity index (χ0) is 26.7. The second-order valence-corrected chi connectivity index (χ2v) is 13.0. The van der Waals surface area contributed by atoms with E-state index in [0.717, 1.165) is 56.2 Å². The zero-order valence-corrected chi connectivity index (χ0v) is 23.3. The highest BCUT2D eigenvalue weighted by molar-refractivity contribution is 7.58. The summed E-state index contributed by atoms with van der Waals surface area (Å²) in [4.78, 5) is 25.9. The molecule has 5 atom stereocenters. The minimum absolute atomic E-state index is 0.0635. The summed E-state index contributed by atoms with van der Waals surface area (Å²) in [5.41, 5.74) is 2.14. The number of carbonyl (C=O) groups is 2. The summed E-state index contributed by atoms with van der Waals surface area (Å²) in [7, 11) is -3.58. The van der Waals surface area contributed by atoms with Crippen LogP contribution in [0.15, 0.2) is 60.7 Å². The Hall–Kier alpha value is -2.51. The van der Waals surface area contributed by atoms with Crippen LogP contribution in [0.5, 0.6) is 0 Å². The first-order valence-electron chi connectivity index (χ1n) is 14.0. The molecular weight excluding hydrogens is 497 g/mol. The van der Waals surface area contributed by atoms with Crippen molar-refractivity contribution < 1.29 is 14.2 Å². The Morgan fingerprint density at radius 3 is 1.87 bits per heavy atom. The van der Waals surface area contributed by atoms with E-state index in [1.807, 2.05) is 36.4 Å². The molecule has 2 amide bonds. The lowest BCUT2D eigenvalue weighted by Crippen LogP contribution is -2.46. The van der Waals surface area contributed by atoms with E-state index in [4.69, 9.17) is 0 Å². The second-order valence-electron chi connectivity index (χ2n) is 10.8. The van der Waals surface area contributed by atoms with Gasteiger partial charge in [0.25, 0.3) is 0 Å². The van der Waals surface area contributed by atoms with Gasteiger partial charge in [-0.3, -0.25) is 19.2 Å². The number of amides is 2. The molecule has 2 heterocycles. The molecule has 8 nitrogen and oxygen atoms in total. The number of fused-ring (bicyclic) bond motifs is 1. The third-order valence-electron chi connectivity index (χ3n) is 8.43. The lowest BCUT2D eigenvalue weighted by atomic mass is 9.88. The van der Waals surface area contributed by atoms with E-state index < -0.39 is 13.5 Å². The smallest absolute Gasteiger partial charge is 0.312 e. The van der Waals surface area contributed by atoms with Gasteiger partial charge < -0.3 is 10.6 Å². The van der Waals surface area contributed by atoms with Gasteiger partial charge in [0, 0.05) is 24.2 Å². The zero-order valence-electron chi connectivity index (χ0n) is 22.4. The number of benzene rings is 2. The predicted molar refractivity (Wildman–Crippen MR) is 149 cm³/mol. The van der Waals surface area contributed by atoms with Gasteiger partial charge in [0.2, 0.25) is 11.8 Å². The molecule has 38 heavy (non-hydrogen) atoms. The van der Waals surface area contributed by atoms with Gasteiger partial charge in [-0.1, -0.05) is 73.5 Å². The Labute approximate surface area is 226 Å². The number of hydrogen-bond acceptors (Lipinski definition) is 4. The molecule has 0 radical (unpaired) electrons. The number of carbonyl (C=O) groups excluding carboxylic acids is 2. The number of hydrogen-bond donors (Lipinski definition) is 3. The monoisotopic (exact) mass is 537 g/mol. The molecule has 3 fully saturated rings. The lowest BCUT2D eigenvalue weighted by Gasteiger charge is -2.38. The minimum atomic E-state index is -3.58. The Morgan fingerprint density at radius 2 is 1.39 bits per heavy atom.